The third-order valence-corrected chi connectivity index (χ3v) is 3.36. The van der Waals surface area contributed by atoms with E-state index < -0.39 is 0 Å². The minimum atomic E-state index is -0.0371. The Kier molecular flexibility index (Phi) is 4.75. The Hall–Kier alpha value is -0.830. The van der Waals surface area contributed by atoms with Gasteiger partial charge in [-0.1, -0.05) is 33.8 Å². The third-order valence-electron chi connectivity index (χ3n) is 2.73. The minimum absolute atomic E-state index is 0.0371. The quantitative estimate of drug-likeness (QED) is 0.864. The lowest BCUT2D eigenvalue weighted by Gasteiger charge is -2.18. The Morgan fingerprint density at radius 3 is 2.18 bits per heavy atom. The lowest BCUT2D eigenvalue weighted by molar-refractivity contribution is -0.114. The monoisotopic (exact) mass is 297 g/mol. The molecule has 0 saturated heterocycles. The number of rotatable bonds is 3. The molecule has 1 aromatic carbocycles. The zero-order valence-corrected chi connectivity index (χ0v) is 12.7. The van der Waals surface area contributed by atoms with Crippen molar-refractivity contribution in [1.29, 1.82) is 0 Å². The zero-order chi connectivity index (χ0) is 13.2. The van der Waals surface area contributed by atoms with Gasteiger partial charge in [-0.25, -0.2) is 0 Å². The zero-order valence-electron chi connectivity index (χ0n) is 11.1. The minimum Gasteiger partial charge on any atom is -0.325 e. The lowest BCUT2D eigenvalue weighted by atomic mass is 9.94. The highest BCUT2D eigenvalue weighted by Crippen LogP contribution is 2.35. The van der Waals surface area contributed by atoms with Gasteiger partial charge in [-0.15, -0.1) is 0 Å². The first-order chi connectivity index (χ1) is 7.82. The molecule has 1 amide bonds. The van der Waals surface area contributed by atoms with Crippen molar-refractivity contribution in [1.82, 2.24) is 0 Å². The predicted octanol–water partition coefficient (Wildman–Crippen LogP) is 4.65. The van der Waals surface area contributed by atoms with Gasteiger partial charge < -0.3 is 5.32 Å². The van der Waals surface area contributed by atoms with Gasteiger partial charge in [0, 0.05) is 11.4 Å². The number of anilines is 1. The van der Waals surface area contributed by atoms with Gasteiger partial charge >= 0.3 is 0 Å². The van der Waals surface area contributed by atoms with Crippen LogP contribution in [0.4, 0.5) is 5.69 Å². The number of carbonyl (C=O) groups excluding carboxylic acids is 1. The van der Waals surface area contributed by atoms with Crippen LogP contribution in [0.2, 0.25) is 0 Å². The Labute approximate surface area is 112 Å². The van der Waals surface area contributed by atoms with Gasteiger partial charge in [0.05, 0.1) is 5.69 Å². The summed E-state index contributed by atoms with van der Waals surface area (Å²) in [5, 5.41) is 2.90. The van der Waals surface area contributed by atoms with E-state index in [1.165, 1.54) is 18.1 Å². The standard InChI is InChI=1S/C14H20BrNO/c1-8(2)11-6-12(9(3)4)14(13(15)7-11)16-10(5)17/h6-9H,1-5H3,(H,16,17). The van der Waals surface area contributed by atoms with E-state index in [1.54, 1.807) is 0 Å². The van der Waals surface area contributed by atoms with Gasteiger partial charge in [0.2, 0.25) is 5.91 Å². The smallest absolute Gasteiger partial charge is 0.221 e. The highest BCUT2D eigenvalue weighted by Gasteiger charge is 2.14. The molecule has 0 aliphatic carbocycles. The fraction of sp³-hybridized carbons (Fsp3) is 0.500. The molecule has 0 aliphatic rings. The number of hydrogen-bond donors (Lipinski definition) is 1. The topological polar surface area (TPSA) is 29.1 Å². The van der Waals surface area contributed by atoms with E-state index in [0.717, 1.165) is 10.2 Å². The van der Waals surface area contributed by atoms with Gasteiger partial charge in [0.1, 0.15) is 0 Å². The second-order valence-electron chi connectivity index (χ2n) is 4.96. The summed E-state index contributed by atoms with van der Waals surface area (Å²) < 4.78 is 0.961. The highest BCUT2D eigenvalue weighted by atomic mass is 79.9. The molecule has 3 heteroatoms. The molecule has 1 N–H and O–H groups in total. The van der Waals surface area contributed by atoms with E-state index >= 15 is 0 Å². The molecule has 2 nitrogen and oxygen atoms in total. The lowest BCUT2D eigenvalue weighted by Crippen LogP contribution is -2.10. The number of nitrogens with one attached hydrogen (secondary N) is 1. The van der Waals surface area contributed by atoms with Gasteiger partial charge in [-0.3, -0.25) is 4.79 Å². The van der Waals surface area contributed by atoms with Crippen molar-refractivity contribution in [2.75, 3.05) is 5.32 Å². The van der Waals surface area contributed by atoms with Crippen LogP contribution >= 0.6 is 15.9 Å². The van der Waals surface area contributed by atoms with Gasteiger partial charge in [-0.2, -0.15) is 0 Å². The maximum absolute atomic E-state index is 11.2. The van der Waals surface area contributed by atoms with E-state index in [0.29, 0.717) is 11.8 Å². The number of benzene rings is 1. The molecule has 0 atom stereocenters. The first kappa shape index (κ1) is 14.2. The van der Waals surface area contributed by atoms with Gasteiger partial charge in [0.15, 0.2) is 0 Å². The van der Waals surface area contributed by atoms with Gasteiger partial charge in [0.25, 0.3) is 0 Å². The van der Waals surface area contributed by atoms with Crippen molar-refractivity contribution in [3.05, 3.63) is 27.7 Å². The Morgan fingerprint density at radius 1 is 1.18 bits per heavy atom. The van der Waals surface area contributed by atoms with Crippen LogP contribution in [0.5, 0.6) is 0 Å². The number of amides is 1. The van der Waals surface area contributed by atoms with Crippen LogP contribution in [0.3, 0.4) is 0 Å². The van der Waals surface area contributed by atoms with E-state index in [9.17, 15) is 4.79 Å². The van der Waals surface area contributed by atoms with Crippen LogP contribution in [-0.4, -0.2) is 5.91 Å². The first-order valence-electron chi connectivity index (χ1n) is 5.93. The van der Waals surface area contributed by atoms with Crippen LogP contribution in [0.25, 0.3) is 0 Å². The molecule has 0 aromatic heterocycles. The maximum Gasteiger partial charge on any atom is 0.221 e. The molecule has 1 aromatic rings. The Bertz CT molecular complexity index is 424. The van der Waals surface area contributed by atoms with Crippen molar-refractivity contribution >= 4 is 27.5 Å². The first-order valence-corrected chi connectivity index (χ1v) is 6.73. The molecule has 0 saturated carbocycles. The van der Waals surface area contributed by atoms with Crippen molar-refractivity contribution in [3.63, 3.8) is 0 Å². The van der Waals surface area contributed by atoms with Crippen LogP contribution in [-0.2, 0) is 4.79 Å². The second kappa shape index (κ2) is 5.67. The van der Waals surface area contributed by atoms with Crippen molar-refractivity contribution < 1.29 is 4.79 Å². The molecule has 0 fully saturated rings. The molecular weight excluding hydrogens is 278 g/mol. The average molecular weight is 298 g/mol. The summed E-state index contributed by atoms with van der Waals surface area (Å²) >= 11 is 3.55. The fourth-order valence-electron chi connectivity index (χ4n) is 1.75. The molecule has 0 unspecified atom stereocenters. The normalized spacial score (nSPS) is 11.1. The Balaban J connectivity index is 3.33. The largest absolute Gasteiger partial charge is 0.325 e. The highest BCUT2D eigenvalue weighted by molar-refractivity contribution is 9.10. The molecule has 1 rings (SSSR count). The summed E-state index contributed by atoms with van der Waals surface area (Å²) in [6.45, 7) is 10.1. The third kappa shape index (κ3) is 3.56. The number of hydrogen-bond acceptors (Lipinski definition) is 1. The van der Waals surface area contributed by atoms with Crippen LogP contribution in [0.15, 0.2) is 16.6 Å². The van der Waals surface area contributed by atoms with Crippen LogP contribution < -0.4 is 5.32 Å². The number of halogens is 1. The van der Waals surface area contributed by atoms with Crippen LogP contribution in [0, 0.1) is 0 Å². The molecule has 0 radical (unpaired) electrons. The molecule has 0 spiro atoms. The number of carbonyl (C=O) groups is 1. The maximum atomic E-state index is 11.2. The summed E-state index contributed by atoms with van der Waals surface area (Å²) in [5.41, 5.74) is 3.37. The van der Waals surface area contributed by atoms with Crippen molar-refractivity contribution in [2.24, 2.45) is 0 Å². The molecule has 17 heavy (non-hydrogen) atoms. The van der Waals surface area contributed by atoms with E-state index in [1.807, 2.05) is 0 Å². The summed E-state index contributed by atoms with van der Waals surface area (Å²) in [6, 6.07) is 4.27. The summed E-state index contributed by atoms with van der Waals surface area (Å²) in [4.78, 5) is 11.2. The predicted molar refractivity (Wildman–Crippen MR) is 76.6 cm³/mol. The van der Waals surface area contributed by atoms with Crippen molar-refractivity contribution in [3.8, 4) is 0 Å². The van der Waals surface area contributed by atoms with Crippen molar-refractivity contribution in [2.45, 2.75) is 46.5 Å². The second-order valence-corrected chi connectivity index (χ2v) is 5.81. The summed E-state index contributed by atoms with van der Waals surface area (Å²) in [6.07, 6.45) is 0. The van der Waals surface area contributed by atoms with E-state index in [-0.39, 0.29) is 5.91 Å². The average Bonchev–Trinajstić information content (AvgIpc) is 2.19. The molecule has 0 bridgehead atoms. The molecular formula is C14H20BrNO. The molecule has 94 valence electrons. The fourth-order valence-corrected chi connectivity index (χ4v) is 2.34. The summed E-state index contributed by atoms with van der Waals surface area (Å²) in [7, 11) is 0. The molecule has 0 heterocycles. The van der Waals surface area contributed by atoms with E-state index in [2.05, 4.69) is 61.1 Å². The Morgan fingerprint density at radius 2 is 1.76 bits per heavy atom. The SMILES string of the molecule is CC(=O)Nc1c(Br)cc(C(C)C)cc1C(C)C. The van der Waals surface area contributed by atoms with E-state index in [4.69, 9.17) is 0 Å². The summed E-state index contributed by atoms with van der Waals surface area (Å²) in [5.74, 6) is 0.826. The van der Waals surface area contributed by atoms with Gasteiger partial charge in [-0.05, 0) is 45.0 Å². The molecule has 0 aliphatic heterocycles. The van der Waals surface area contributed by atoms with Crippen LogP contribution in [0.1, 0.15) is 57.6 Å².